The van der Waals surface area contributed by atoms with Crippen LogP contribution in [-0.4, -0.2) is 9.55 Å². The summed E-state index contributed by atoms with van der Waals surface area (Å²) in [6, 6.07) is 19.4. The van der Waals surface area contributed by atoms with E-state index in [1.54, 1.807) is 0 Å². The quantitative estimate of drug-likeness (QED) is 0.580. The molecular weight excluding hydrogens is 256 g/mol. The van der Waals surface area contributed by atoms with Crippen LogP contribution in [0.1, 0.15) is 25.3 Å². The second-order valence-corrected chi connectivity index (χ2v) is 4.13. The van der Waals surface area contributed by atoms with Crippen molar-refractivity contribution in [3.63, 3.8) is 0 Å². The normalized spacial score (nSPS) is 9.67. The first-order valence-corrected chi connectivity index (χ1v) is 9.45. The summed E-state index contributed by atoms with van der Waals surface area (Å²) in [5.74, 6) is 0. The summed E-state index contributed by atoms with van der Waals surface area (Å²) in [4.78, 5) is 0. The van der Waals surface area contributed by atoms with Gasteiger partial charge in [0.25, 0.3) is 0 Å². The molecule has 0 heterocycles. The van der Waals surface area contributed by atoms with Gasteiger partial charge in [-0.15, -0.1) is 0 Å². The second-order valence-electron chi connectivity index (χ2n) is 4.13. The SMILES string of the molecule is CCCCc1ccccc1-c1ccccc1.[SiH3]Cl. The van der Waals surface area contributed by atoms with Crippen LogP contribution in [-0.2, 0) is 6.42 Å². The number of halogens is 1. The second kappa shape index (κ2) is 8.95. The molecule has 0 saturated carbocycles. The van der Waals surface area contributed by atoms with Gasteiger partial charge in [0.2, 0.25) is 0 Å². The van der Waals surface area contributed by atoms with Crippen LogP contribution in [0, 0.1) is 0 Å². The van der Waals surface area contributed by atoms with E-state index in [0.717, 1.165) is 9.55 Å². The molecule has 0 radical (unpaired) electrons. The van der Waals surface area contributed by atoms with Crippen LogP contribution >= 0.6 is 11.1 Å². The van der Waals surface area contributed by atoms with Crippen molar-refractivity contribution in [2.45, 2.75) is 26.2 Å². The van der Waals surface area contributed by atoms with E-state index in [4.69, 9.17) is 11.1 Å². The zero-order valence-corrected chi connectivity index (χ0v) is 14.0. The molecule has 0 saturated heterocycles. The Kier molecular flexibility index (Phi) is 7.46. The number of unbranched alkanes of at least 4 members (excludes halogenated alkanes) is 1. The Morgan fingerprint density at radius 3 is 2.17 bits per heavy atom. The van der Waals surface area contributed by atoms with E-state index in [9.17, 15) is 0 Å². The van der Waals surface area contributed by atoms with E-state index in [0.29, 0.717) is 0 Å². The predicted octanol–water partition coefficient (Wildman–Crippen LogP) is 4.20. The van der Waals surface area contributed by atoms with Gasteiger partial charge in [-0.05, 0) is 29.5 Å². The van der Waals surface area contributed by atoms with Crippen molar-refractivity contribution in [2.24, 2.45) is 0 Å². The van der Waals surface area contributed by atoms with Gasteiger partial charge in [-0.2, -0.15) is 11.1 Å². The first-order chi connectivity index (χ1) is 8.92. The highest BCUT2D eigenvalue weighted by Gasteiger charge is 2.02. The maximum absolute atomic E-state index is 4.78. The molecule has 0 nitrogen and oxygen atoms in total. The van der Waals surface area contributed by atoms with Crippen molar-refractivity contribution in [3.05, 3.63) is 60.2 Å². The molecule has 0 amide bonds. The minimum Gasteiger partial charge on any atom is -0.181 e. The van der Waals surface area contributed by atoms with Crippen LogP contribution in [0.3, 0.4) is 0 Å². The van der Waals surface area contributed by atoms with Crippen LogP contribution in [0.2, 0.25) is 0 Å². The molecule has 0 aliphatic heterocycles. The molecule has 18 heavy (non-hydrogen) atoms. The van der Waals surface area contributed by atoms with Crippen LogP contribution < -0.4 is 0 Å². The van der Waals surface area contributed by atoms with E-state index in [1.165, 1.54) is 36.0 Å². The number of rotatable bonds is 4. The Morgan fingerprint density at radius 2 is 1.50 bits per heavy atom. The Morgan fingerprint density at radius 1 is 0.889 bits per heavy atom. The number of hydrogen-bond acceptors (Lipinski definition) is 0. The molecule has 0 unspecified atom stereocenters. The Balaban J connectivity index is 0.000000771. The highest BCUT2D eigenvalue weighted by Crippen LogP contribution is 2.24. The summed E-state index contributed by atoms with van der Waals surface area (Å²) >= 11 is 4.78. The lowest BCUT2D eigenvalue weighted by atomic mass is 9.96. The minimum atomic E-state index is 0.778. The fourth-order valence-corrected chi connectivity index (χ4v) is 2.00. The largest absolute Gasteiger partial charge is 0.181 e. The van der Waals surface area contributed by atoms with Crippen LogP contribution in [0.15, 0.2) is 54.6 Å². The van der Waals surface area contributed by atoms with Gasteiger partial charge >= 0.3 is 0 Å². The number of benzene rings is 2. The molecule has 0 spiro atoms. The number of aryl methyl sites for hydroxylation is 1. The Labute approximate surface area is 118 Å². The Bertz CT molecular complexity index is 440. The molecule has 0 bridgehead atoms. The van der Waals surface area contributed by atoms with E-state index < -0.39 is 0 Å². The van der Waals surface area contributed by atoms with Crippen LogP contribution in [0.4, 0.5) is 0 Å². The molecule has 2 rings (SSSR count). The van der Waals surface area contributed by atoms with Gasteiger partial charge in [-0.1, -0.05) is 67.9 Å². The van der Waals surface area contributed by atoms with E-state index >= 15 is 0 Å². The molecule has 2 aromatic carbocycles. The highest BCUT2D eigenvalue weighted by molar-refractivity contribution is 6.80. The first-order valence-electron chi connectivity index (χ1n) is 6.43. The molecule has 0 aliphatic rings. The average molecular weight is 277 g/mol. The maximum Gasteiger partial charge on any atom is 0.109 e. The van der Waals surface area contributed by atoms with E-state index in [-0.39, 0.29) is 0 Å². The fourth-order valence-electron chi connectivity index (χ4n) is 2.00. The molecule has 0 aromatic heterocycles. The molecule has 2 aromatic rings. The van der Waals surface area contributed by atoms with Gasteiger partial charge in [-0.3, -0.25) is 0 Å². The fraction of sp³-hybridized carbons (Fsp3) is 0.250. The summed E-state index contributed by atoms with van der Waals surface area (Å²) in [6.07, 6.45) is 3.70. The molecule has 0 fully saturated rings. The highest BCUT2D eigenvalue weighted by atomic mass is 35.6. The lowest BCUT2D eigenvalue weighted by molar-refractivity contribution is 0.796. The molecular formula is C16H21ClSi. The smallest absolute Gasteiger partial charge is 0.109 e. The van der Waals surface area contributed by atoms with Crippen molar-refractivity contribution in [1.29, 1.82) is 0 Å². The standard InChI is InChI=1S/C16H18.ClH3Si/c1-2-3-9-14-12-7-8-13-16(14)15-10-5-4-6-11-15;1-2/h4-8,10-13H,2-3,9H2,1H3;2H3. The van der Waals surface area contributed by atoms with Gasteiger partial charge in [0.1, 0.15) is 9.55 Å². The van der Waals surface area contributed by atoms with Gasteiger partial charge in [-0.25, -0.2) is 0 Å². The summed E-state index contributed by atoms with van der Waals surface area (Å²) in [7, 11) is 0.778. The molecule has 2 heteroatoms. The molecule has 0 aliphatic carbocycles. The van der Waals surface area contributed by atoms with Gasteiger partial charge in [0.15, 0.2) is 0 Å². The molecule has 96 valence electrons. The lowest BCUT2D eigenvalue weighted by Gasteiger charge is -2.08. The van der Waals surface area contributed by atoms with Crippen molar-refractivity contribution in [2.75, 3.05) is 0 Å². The predicted molar refractivity (Wildman–Crippen MR) is 86.3 cm³/mol. The third-order valence-electron chi connectivity index (χ3n) is 2.90. The van der Waals surface area contributed by atoms with E-state index in [2.05, 4.69) is 61.5 Å². The van der Waals surface area contributed by atoms with Gasteiger partial charge < -0.3 is 0 Å². The lowest BCUT2D eigenvalue weighted by Crippen LogP contribution is -1.89. The van der Waals surface area contributed by atoms with Crippen molar-refractivity contribution < 1.29 is 0 Å². The molecule has 0 atom stereocenters. The number of hydrogen-bond donors (Lipinski definition) is 0. The summed E-state index contributed by atoms with van der Waals surface area (Å²) < 4.78 is 0. The minimum absolute atomic E-state index is 0.778. The van der Waals surface area contributed by atoms with Gasteiger partial charge in [0.05, 0.1) is 0 Å². The summed E-state index contributed by atoms with van der Waals surface area (Å²) in [5, 5.41) is 0. The van der Waals surface area contributed by atoms with E-state index in [1.807, 2.05) is 0 Å². The third kappa shape index (κ3) is 4.32. The topological polar surface area (TPSA) is 0 Å². The zero-order valence-electron chi connectivity index (χ0n) is 11.2. The monoisotopic (exact) mass is 276 g/mol. The van der Waals surface area contributed by atoms with Crippen molar-refractivity contribution in [1.82, 2.24) is 0 Å². The summed E-state index contributed by atoms with van der Waals surface area (Å²) in [5.41, 5.74) is 4.18. The van der Waals surface area contributed by atoms with Crippen LogP contribution in [0.25, 0.3) is 11.1 Å². The third-order valence-corrected chi connectivity index (χ3v) is 2.90. The summed E-state index contributed by atoms with van der Waals surface area (Å²) in [6.45, 7) is 2.24. The zero-order chi connectivity index (χ0) is 13.2. The first kappa shape index (κ1) is 15.0. The van der Waals surface area contributed by atoms with Gasteiger partial charge in [0, 0.05) is 0 Å². The van der Waals surface area contributed by atoms with Crippen molar-refractivity contribution in [3.8, 4) is 11.1 Å². The molecule has 0 N–H and O–H groups in total. The average Bonchev–Trinajstić information content (AvgIpc) is 2.48. The Hall–Kier alpha value is -1.05. The van der Waals surface area contributed by atoms with Crippen LogP contribution in [0.5, 0.6) is 0 Å². The van der Waals surface area contributed by atoms with Crippen molar-refractivity contribution >= 4 is 20.6 Å². The maximum atomic E-state index is 4.78.